The molecule has 1 aliphatic carbocycles. The Balaban J connectivity index is 1.83. The molecule has 1 atom stereocenters. The predicted molar refractivity (Wildman–Crippen MR) is 129 cm³/mol. The molecule has 9 heteroatoms. The number of amides is 1. The fraction of sp³-hybridized carbons (Fsp3) is 0.435. The molecule has 1 aliphatic rings. The Hall–Kier alpha value is -1.61. The lowest BCUT2D eigenvalue weighted by molar-refractivity contribution is -0.122. The zero-order chi connectivity index (χ0) is 23.3. The third kappa shape index (κ3) is 6.04. The summed E-state index contributed by atoms with van der Waals surface area (Å²) in [6.07, 6.45) is 4.43. The number of hydrogen-bond acceptors (Lipinski definition) is 4. The van der Waals surface area contributed by atoms with Gasteiger partial charge in [-0.15, -0.1) is 0 Å². The van der Waals surface area contributed by atoms with Crippen LogP contribution in [0, 0.1) is 0 Å². The van der Waals surface area contributed by atoms with Gasteiger partial charge >= 0.3 is 0 Å². The number of benzene rings is 2. The van der Waals surface area contributed by atoms with E-state index in [2.05, 4.69) is 21.2 Å². The van der Waals surface area contributed by atoms with E-state index in [1.54, 1.807) is 0 Å². The molecule has 32 heavy (non-hydrogen) atoms. The maximum absolute atomic E-state index is 13.6. The minimum atomic E-state index is -3.92. The number of halogens is 2. The Morgan fingerprint density at radius 3 is 2.44 bits per heavy atom. The fourth-order valence-electron chi connectivity index (χ4n) is 3.99. The van der Waals surface area contributed by atoms with E-state index in [-0.39, 0.29) is 34.5 Å². The van der Waals surface area contributed by atoms with Crippen LogP contribution in [0.25, 0.3) is 0 Å². The molecule has 1 saturated carbocycles. The first-order chi connectivity index (χ1) is 15.2. The molecule has 2 aromatic rings. The minimum Gasteiger partial charge on any atom is -0.495 e. The molecule has 0 aliphatic heterocycles. The van der Waals surface area contributed by atoms with E-state index in [1.165, 1.54) is 29.6 Å². The topological polar surface area (TPSA) is 75.7 Å². The molecule has 0 bridgehead atoms. The molecular weight excluding hydrogens is 516 g/mol. The number of nitrogens with one attached hydrogen (secondary N) is 1. The van der Waals surface area contributed by atoms with Crippen molar-refractivity contribution >= 4 is 43.5 Å². The van der Waals surface area contributed by atoms with Crippen molar-refractivity contribution in [3.63, 3.8) is 0 Å². The fourth-order valence-corrected chi connectivity index (χ4v) is 6.24. The van der Waals surface area contributed by atoms with E-state index < -0.39 is 10.0 Å². The lowest BCUT2D eigenvalue weighted by Crippen LogP contribution is -2.47. The van der Waals surface area contributed by atoms with E-state index in [4.69, 9.17) is 16.3 Å². The van der Waals surface area contributed by atoms with Crippen LogP contribution in [0.3, 0.4) is 0 Å². The van der Waals surface area contributed by atoms with Gasteiger partial charge < -0.3 is 10.1 Å². The van der Waals surface area contributed by atoms with Crippen LogP contribution < -0.4 is 10.1 Å². The number of carbonyl (C=O) groups is 1. The molecule has 1 fully saturated rings. The first-order valence-electron chi connectivity index (χ1n) is 10.6. The quantitative estimate of drug-likeness (QED) is 0.489. The molecule has 0 spiro atoms. The number of rotatable bonds is 8. The second-order valence-electron chi connectivity index (χ2n) is 7.98. The van der Waals surface area contributed by atoms with E-state index >= 15 is 0 Å². The highest BCUT2D eigenvalue weighted by molar-refractivity contribution is 9.10. The van der Waals surface area contributed by atoms with Crippen LogP contribution >= 0.6 is 27.5 Å². The van der Waals surface area contributed by atoms with Gasteiger partial charge in [0.1, 0.15) is 5.75 Å². The van der Waals surface area contributed by atoms with Gasteiger partial charge in [-0.05, 0) is 55.7 Å². The molecule has 1 N–H and O–H groups in total. The highest BCUT2D eigenvalue weighted by Gasteiger charge is 2.34. The van der Waals surface area contributed by atoms with Gasteiger partial charge in [0, 0.05) is 10.5 Å². The lowest BCUT2D eigenvalue weighted by Gasteiger charge is -2.33. The second-order valence-corrected chi connectivity index (χ2v) is 11.2. The van der Waals surface area contributed by atoms with Crippen molar-refractivity contribution in [2.45, 2.75) is 56.0 Å². The molecular formula is C23H28BrClN2O4S. The van der Waals surface area contributed by atoms with Crippen LogP contribution in [0.4, 0.5) is 0 Å². The number of methoxy groups -OCH3 is 1. The van der Waals surface area contributed by atoms with Crippen LogP contribution in [0.5, 0.6) is 5.75 Å². The van der Waals surface area contributed by atoms with Crippen LogP contribution in [-0.2, 0) is 14.8 Å². The Kier molecular flexibility index (Phi) is 8.61. The van der Waals surface area contributed by atoms with Crippen molar-refractivity contribution in [3.05, 3.63) is 57.5 Å². The van der Waals surface area contributed by atoms with Gasteiger partial charge in [-0.1, -0.05) is 58.9 Å². The van der Waals surface area contributed by atoms with E-state index in [9.17, 15) is 13.2 Å². The first kappa shape index (κ1) is 25.0. The third-order valence-corrected chi connectivity index (χ3v) is 8.48. The van der Waals surface area contributed by atoms with E-state index in [0.717, 1.165) is 42.1 Å². The van der Waals surface area contributed by atoms with Crippen molar-refractivity contribution in [1.82, 2.24) is 9.62 Å². The summed E-state index contributed by atoms with van der Waals surface area (Å²) in [6, 6.07) is 11.6. The van der Waals surface area contributed by atoms with Gasteiger partial charge in [0.05, 0.1) is 29.6 Å². The number of hydrogen-bond donors (Lipinski definition) is 1. The minimum absolute atomic E-state index is 0.0580. The SMILES string of the molecule is COc1ccc(S(=O)(=O)N(CC(=O)NC(C)c2ccc(Br)cc2)C2CCCCC2)cc1Cl. The van der Waals surface area contributed by atoms with Crippen LogP contribution in [0.15, 0.2) is 51.8 Å². The van der Waals surface area contributed by atoms with Gasteiger partial charge in [-0.3, -0.25) is 4.79 Å². The molecule has 3 rings (SSSR count). The van der Waals surface area contributed by atoms with Crippen molar-refractivity contribution in [3.8, 4) is 5.75 Å². The summed E-state index contributed by atoms with van der Waals surface area (Å²) in [5.74, 6) is 0.0603. The van der Waals surface area contributed by atoms with E-state index in [0.29, 0.717) is 5.75 Å². The van der Waals surface area contributed by atoms with Crippen molar-refractivity contribution < 1.29 is 17.9 Å². The number of nitrogens with zero attached hydrogens (tertiary/aromatic N) is 1. The van der Waals surface area contributed by atoms with Gasteiger partial charge in [0.2, 0.25) is 15.9 Å². The molecule has 0 heterocycles. The number of carbonyl (C=O) groups excluding carboxylic acids is 1. The average molecular weight is 544 g/mol. The van der Waals surface area contributed by atoms with E-state index in [1.807, 2.05) is 31.2 Å². The molecule has 6 nitrogen and oxygen atoms in total. The number of sulfonamides is 1. The van der Waals surface area contributed by atoms with Crippen molar-refractivity contribution in [2.75, 3.05) is 13.7 Å². The lowest BCUT2D eigenvalue weighted by atomic mass is 9.95. The predicted octanol–water partition coefficient (Wildman–Crippen LogP) is 5.31. The summed E-state index contributed by atoms with van der Waals surface area (Å²) in [5, 5.41) is 3.15. The molecule has 1 amide bonds. The molecule has 0 aromatic heterocycles. The highest BCUT2D eigenvalue weighted by Crippen LogP contribution is 2.32. The Morgan fingerprint density at radius 2 is 1.84 bits per heavy atom. The number of ether oxygens (including phenoxy) is 1. The largest absolute Gasteiger partial charge is 0.495 e. The summed E-state index contributed by atoms with van der Waals surface area (Å²) >= 11 is 9.59. The molecule has 2 aromatic carbocycles. The standard InChI is InChI=1S/C23H28BrClN2O4S/c1-16(17-8-10-18(24)11-9-17)26-23(28)15-27(19-6-4-3-5-7-19)32(29,30)20-12-13-22(31-2)21(25)14-20/h8-14,16,19H,3-7,15H2,1-2H3,(H,26,28). The zero-order valence-corrected chi connectivity index (χ0v) is 21.3. The Bertz CT molecular complexity index is 1040. The molecule has 0 saturated heterocycles. The normalized spacial score (nSPS) is 16.0. The first-order valence-corrected chi connectivity index (χ1v) is 13.2. The van der Waals surface area contributed by atoms with Gasteiger partial charge in [-0.25, -0.2) is 8.42 Å². The summed E-state index contributed by atoms with van der Waals surface area (Å²) < 4.78 is 34.5. The summed E-state index contributed by atoms with van der Waals surface area (Å²) in [7, 11) is -2.45. The molecule has 174 valence electrons. The maximum Gasteiger partial charge on any atom is 0.243 e. The Labute approximate surface area is 203 Å². The third-order valence-electron chi connectivity index (χ3n) is 5.76. The maximum atomic E-state index is 13.6. The summed E-state index contributed by atoms with van der Waals surface area (Å²) in [6.45, 7) is 1.64. The monoisotopic (exact) mass is 542 g/mol. The smallest absolute Gasteiger partial charge is 0.243 e. The van der Waals surface area contributed by atoms with Crippen molar-refractivity contribution in [2.24, 2.45) is 0 Å². The summed E-state index contributed by atoms with van der Waals surface area (Å²) in [5.41, 5.74) is 0.940. The second kappa shape index (κ2) is 11.0. The van der Waals surface area contributed by atoms with Gasteiger partial charge in [0.15, 0.2) is 0 Å². The zero-order valence-electron chi connectivity index (χ0n) is 18.2. The molecule has 1 unspecified atom stereocenters. The average Bonchev–Trinajstić information content (AvgIpc) is 2.78. The Morgan fingerprint density at radius 1 is 1.19 bits per heavy atom. The van der Waals surface area contributed by atoms with Crippen LogP contribution in [0.2, 0.25) is 5.02 Å². The molecule has 0 radical (unpaired) electrons. The highest BCUT2D eigenvalue weighted by atomic mass is 79.9. The summed E-state index contributed by atoms with van der Waals surface area (Å²) in [4.78, 5) is 13.0. The van der Waals surface area contributed by atoms with Gasteiger partial charge in [0.25, 0.3) is 0 Å². The van der Waals surface area contributed by atoms with Crippen LogP contribution in [-0.4, -0.2) is 38.3 Å². The van der Waals surface area contributed by atoms with Crippen LogP contribution in [0.1, 0.15) is 50.6 Å². The van der Waals surface area contributed by atoms with Gasteiger partial charge in [-0.2, -0.15) is 4.31 Å². The van der Waals surface area contributed by atoms with Crippen molar-refractivity contribution in [1.29, 1.82) is 0 Å².